The third-order valence-corrected chi connectivity index (χ3v) is 8.46. The van der Waals surface area contributed by atoms with Gasteiger partial charge in [-0.1, -0.05) is 25.5 Å². The fourth-order valence-corrected chi connectivity index (χ4v) is 6.20. The highest BCUT2D eigenvalue weighted by Gasteiger charge is 2.26. The molecule has 2 saturated heterocycles. The highest BCUT2D eigenvalue weighted by atomic mass is 32.2. The van der Waals surface area contributed by atoms with E-state index in [1.807, 2.05) is 12.1 Å². The van der Waals surface area contributed by atoms with Gasteiger partial charge in [0.25, 0.3) is 0 Å². The monoisotopic (exact) mass is 405 g/mol. The van der Waals surface area contributed by atoms with Gasteiger partial charge in [0.1, 0.15) is 0 Å². The molecule has 0 amide bonds. The summed E-state index contributed by atoms with van der Waals surface area (Å²) in [6.45, 7) is 5.72. The predicted octanol–water partition coefficient (Wildman–Crippen LogP) is 4.22. The zero-order valence-electron chi connectivity index (χ0n) is 15.8. The zero-order valence-corrected chi connectivity index (χ0v) is 17.4. The fraction of sp³-hybridized carbons (Fsp3) is 0.550. The van der Waals surface area contributed by atoms with Crippen LogP contribution in [0.5, 0.6) is 0 Å². The fourth-order valence-electron chi connectivity index (χ4n) is 3.79. The van der Waals surface area contributed by atoms with Crippen molar-refractivity contribution in [1.82, 2.24) is 9.29 Å². The maximum atomic E-state index is 12.8. The van der Waals surface area contributed by atoms with Crippen LogP contribution in [-0.4, -0.2) is 43.9 Å². The molecule has 2 aromatic rings. The molecule has 5 nitrogen and oxygen atoms in total. The van der Waals surface area contributed by atoms with Crippen LogP contribution >= 0.6 is 11.3 Å². The molecule has 0 spiro atoms. The highest BCUT2D eigenvalue weighted by Crippen LogP contribution is 2.31. The summed E-state index contributed by atoms with van der Waals surface area (Å²) < 4.78 is 27.2. The molecule has 1 aromatic carbocycles. The standard InChI is InChI=1S/C20H27N3O2S2/c1-16-9-13-22(14-10-16)20-21-19(15-26-20)17-5-7-18(8-6-17)27(24,25)23-11-3-2-4-12-23/h5-8,15-16H,2-4,9-14H2,1H3. The molecule has 27 heavy (non-hydrogen) atoms. The van der Waals surface area contributed by atoms with Crippen molar-refractivity contribution in [3.05, 3.63) is 29.6 Å². The summed E-state index contributed by atoms with van der Waals surface area (Å²) in [4.78, 5) is 7.54. The first-order valence-corrected chi connectivity index (χ1v) is 12.2. The van der Waals surface area contributed by atoms with Gasteiger partial charge in [-0.05, 0) is 43.7 Å². The molecular weight excluding hydrogens is 378 g/mol. The van der Waals surface area contributed by atoms with Crippen LogP contribution in [0.15, 0.2) is 34.5 Å². The lowest BCUT2D eigenvalue weighted by atomic mass is 10.00. The minimum atomic E-state index is -3.37. The zero-order chi connectivity index (χ0) is 18.9. The van der Waals surface area contributed by atoms with Gasteiger partial charge in [-0.15, -0.1) is 11.3 Å². The highest BCUT2D eigenvalue weighted by molar-refractivity contribution is 7.89. The molecule has 3 heterocycles. The van der Waals surface area contributed by atoms with Gasteiger partial charge in [0.2, 0.25) is 10.0 Å². The Labute approximate surface area is 166 Å². The van der Waals surface area contributed by atoms with Crippen LogP contribution in [0, 0.1) is 5.92 Å². The second-order valence-electron chi connectivity index (χ2n) is 7.67. The minimum absolute atomic E-state index is 0.383. The van der Waals surface area contributed by atoms with Crippen molar-refractivity contribution in [2.75, 3.05) is 31.1 Å². The maximum Gasteiger partial charge on any atom is 0.243 e. The van der Waals surface area contributed by atoms with Crippen LogP contribution in [-0.2, 0) is 10.0 Å². The number of piperidine rings is 2. The van der Waals surface area contributed by atoms with E-state index in [2.05, 4.69) is 17.2 Å². The van der Waals surface area contributed by atoms with Gasteiger partial charge in [-0.25, -0.2) is 13.4 Å². The summed E-state index contributed by atoms with van der Waals surface area (Å²) in [5, 5.41) is 3.14. The number of aromatic nitrogens is 1. The molecule has 0 aliphatic carbocycles. The molecule has 7 heteroatoms. The lowest BCUT2D eigenvalue weighted by Gasteiger charge is -2.29. The van der Waals surface area contributed by atoms with Crippen molar-refractivity contribution in [2.24, 2.45) is 5.92 Å². The molecular formula is C20H27N3O2S2. The first kappa shape index (κ1) is 18.9. The summed E-state index contributed by atoms with van der Waals surface area (Å²) in [6, 6.07) is 7.21. The van der Waals surface area contributed by atoms with Gasteiger partial charge in [0.05, 0.1) is 10.6 Å². The minimum Gasteiger partial charge on any atom is -0.348 e. The van der Waals surface area contributed by atoms with Gasteiger partial charge >= 0.3 is 0 Å². The van der Waals surface area contributed by atoms with E-state index in [-0.39, 0.29) is 0 Å². The van der Waals surface area contributed by atoms with E-state index in [0.717, 1.165) is 54.7 Å². The second-order valence-corrected chi connectivity index (χ2v) is 10.4. The van der Waals surface area contributed by atoms with Gasteiger partial charge in [0.15, 0.2) is 5.13 Å². The number of benzene rings is 1. The topological polar surface area (TPSA) is 53.5 Å². The van der Waals surface area contributed by atoms with Crippen LogP contribution in [0.1, 0.15) is 39.0 Å². The molecule has 0 radical (unpaired) electrons. The third kappa shape index (κ3) is 4.05. The first-order chi connectivity index (χ1) is 13.0. The Morgan fingerprint density at radius 2 is 1.67 bits per heavy atom. The number of sulfonamides is 1. The Hall–Kier alpha value is -1.44. The average Bonchev–Trinajstić information content (AvgIpc) is 3.19. The number of anilines is 1. The smallest absolute Gasteiger partial charge is 0.243 e. The Kier molecular flexibility index (Phi) is 5.53. The summed E-state index contributed by atoms with van der Waals surface area (Å²) in [5.74, 6) is 0.801. The van der Waals surface area contributed by atoms with Crippen molar-refractivity contribution >= 4 is 26.5 Å². The van der Waals surface area contributed by atoms with Gasteiger partial charge in [-0.2, -0.15) is 4.31 Å². The Morgan fingerprint density at radius 3 is 2.33 bits per heavy atom. The van der Waals surface area contributed by atoms with E-state index < -0.39 is 10.0 Å². The number of thiazole rings is 1. The van der Waals surface area contributed by atoms with Gasteiger partial charge in [0, 0.05) is 37.1 Å². The number of rotatable bonds is 4. The molecule has 146 valence electrons. The molecule has 0 unspecified atom stereocenters. The average molecular weight is 406 g/mol. The van der Waals surface area contributed by atoms with Crippen LogP contribution in [0.2, 0.25) is 0 Å². The van der Waals surface area contributed by atoms with E-state index in [9.17, 15) is 8.42 Å². The van der Waals surface area contributed by atoms with Crippen LogP contribution < -0.4 is 4.90 Å². The van der Waals surface area contributed by atoms with Gasteiger partial charge in [-0.3, -0.25) is 0 Å². The van der Waals surface area contributed by atoms with E-state index in [0.29, 0.717) is 18.0 Å². The molecule has 0 bridgehead atoms. The molecule has 0 N–H and O–H groups in total. The van der Waals surface area contributed by atoms with E-state index in [4.69, 9.17) is 4.98 Å². The second kappa shape index (κ2) is 7.89. The number of nitrogens with zero attached hydrogens (tertiary/aromatic N) is 3. The van der Waals surface area contributed by atoms with E-state index in [1.54, 1.807) is 27.8 Å². The predicted molar refractivity (Wildman–Crippen MR) is 111 cm³/mol. The number of hydrogen-bond acceptors (Lipinski definition) is 5. The Balaban J connectivity index is 1.49. The normalized spacial score (nSPS) is 20.1. The van der Waals surface area contributed by atoms with Gasteiger partial charge < -0.3 is 4.90 Å². The summed E-state index contributed by atoms with van der Waals surface area (Å²) in [7, 11) is -3.37. The summed E-state index contributed by atoms with van der Waals surface area (Å²) in [6.07, 6.45) is 5.46. The molecule has 2 aliphatic heterocycles. The molecule has 0 saturated carbocycles. The molecule has 2 fully saturated rings. The Morgan fingerprint density at radius 1 is 1.00 bits per heavy atom. The Bertz CT molecular complexity index is 863. The van der Waals surface area contributed by atoms with E-state index in [1.165, 1.54) is 12.8 Å². The van der Waals surface area contributed by atoms with Crippen molar-refractivity contribution in [3.63, 3.8) is 0 Å². The molecule has 1 aromatic heterocycles. The lowest BCUT2D eigenvalue weighted by molar-refractivity contribution is 0.346. The quantitative estimate of drug-likeness (QED) is 0.764. The van der Waals surface area contributed by atoms with Crippen molar-refractivity contribution in [2.45, 2.75) is 43.9 Å². The van der Waals surface area contributed by atoms with Crippen molar-refractivity contribution < 1.29 is 8.42 Å². The molecule has 4 rings (SSSR count). The molecule has 2 aliphatic rings. The third-order valence-electron chi connectivity index (χ3n) is 5.65. The van der Waals surface area contributed by atoms with Crippen molar-refractivity contribution in [3.8, 4) is 11.3 Å². The largest absolute Gasteiger partial charge is 0.348 e. The lowest BCUT2D eigenvalue weighted by Crippen LogP contribution is -2.35. The SMILES string of the molecule is CC1CCN(c2nc(-c3ccc(S(=O)(=O)N4CCCCC4)cc3)cs2)CC1. The van der Waals surface area contributed by atoms with Crippen LogP contribution in [0.3, 0.4) is 0 Å². The van der Waals surface area contributed by atoms with Crippen LogP contribution in [0.25, 0.3) is 11.3 Å². The summed E-state index contributed by atoms with van der Waals surface area (Å²) >= 11 is 1.67. The molecule has 0 atom stereocenters. The first-order valence-electron chi connectivity index (χ1n) is 9.85. The van der Waals surface area contributed by atoms with E-state index >= 15 is 0 Å². The van der Waals surface area contributed by atoms with Crippen LogP contribution in [0.4, 0.5) is 5.13 Å². The van der Waals surface area contributed by atoms with Crippen molar-refractivity contribution in [1.29, 1.82) is 0 Å². The summed E-state index contributed by atoms with van der Waals surface area (Å²) in [5.41, 5.74) is 1.90. The maximum absolute atomic E-state index is 12.8. The number of hydrogen-bond donors (Lipinski definition) is 0.